The number of aliphatic carboxylic acids is 1. The number of hydrogen-bond donors (Lipinski definition) is 1. The van der Waals surface area contributed by atoms with E-state index >= 15 is 0 Å². The minimum Gasteiger partial charge on any atom is -0.496 e. The molecule has 1 aliphatic carbocycles. The topological polar surface area (TPSA) is 90.1 Å². The van der Waals surface area contributed by atoms with Crippen molar-refractivity contribution in [3.05, 3.63) is 11.4 Å². The highest BCUT2D eigenvalue weighted by Gasteiger charge is 2.36. The Morgan fingerprint density at radius 3 is 3.05 bits per heavy atom. The normalized spacial score (nSPS) is 16.1. The molecule has 1 N–H and O–H groups in total. The predicted molar refractivity (Wildman–Crippen MR) is 71.7 cm³/mol. The van der Waals surface area contributed by atoms with Crippen LogP contribution in [0.15, 0.2) is 11.4 Å². The number of nitrogens with zero attached hydrogens (tertiary/aromatic N) is 4. The van der Waals surface area contributed by atoms with E-state index < -0.39 is 5.97 Å². The molecule has 1 unspecified atom stereocenters. The van der Waals surface area contributed by atoms with Crippen LogP contribution in [0.3, 0.4) is 0 Å². The number of aromatic nitrogens is 4. The first-order chi connectivity index (χ1) is 9.69. The number of ether oxygens (including phenoxy) is 1. The lowest BCUT2D eigenvalue weighted by Gasteiger charge is -2.14. The quantitative estimate of drug-likeness (QED) is 0.874. The number of rotatable bonds is 6. The maximum absolute atomic E-state index is 11.0. The Morgan fingerprint density at radius 1 is 1.65 bits per heavy atom. The van der Waals surface area contributed by atoms with Gasteiger partial charge in [-0.25, -0.2) is 4.68 Å². The van der Waals surface area contributed by atoms with E-state index in [1.54, 1.807) is 11.8 Å². The molecule has 106 valence electrons. The van der Waals surface area contributed by atoms with E-state index in [4.69, 9.17) is 9.84 Å². The van der Waals surface area contributed by atoms with Crippen LogP contribution in [0.2, 0.25) is 0 Å². The molecule has 1 fully saturated rings. The minimum atomic E-state index is -0.827. The smallest absolute Gasteiger partial charge is 0.305 e. The molecule has 0 aromatic carbocycles. The van der Waals surface area contributed by atoms with Gasteiger partial charge in [0.05, 0.1) is 24.4 Å². The number of tetrazole rings is 1. The number of carbonyl (C=O) groups is 1. The predicted octanol–water partition coefficient (Wildman–Crippen LogP) is 1.84. The van der Waals surface area contributed by atoms with Gasteiger partial charge in [0, 0.05) is 11.4 Å². The van der Waals surface area contributed by atoms with Gasteiger partial charge in [0.1, 0.15) is 5.75 Å². The third kappa shape index (κ3) is 2.51. The average molecular weight is 294 g/mol. The van der Waals surface area contributed by atoms with Crippen LogP contribution in [-0.4, -0.2) is 38.4 Å². The fraction of sp³-hybridized carbons (Fsp3) is 0.500. The molecule has 2 aromatic rings. The Bertz CT molecular complexity index is 620. The minimum absolute atomic E-state index is 0.0468. The number of carboxylic acids is 1. The van der Waals surface area contributed by atoms with E-state index in [2.05, 4.69) is 15.5 Å². The zero-order valence-electron chi connectivity index (χ0n) is 10.9. The summed E-state index contributed by atoms with van der Waals surface area (Å²) in [5.41, 5.74) is 0. The molecular weight excluding hydrogens is 280 g/mol. The maximum Gasteiger partial charge on any atom is 0.305 e. The highest BCUT2D eigenvalue weighted by Crippen LogP contribution is 2.43. The molecule has 7 nitrogen and oxygen atoms in total. The van der Waals surface area contributed by atoms with Crippen molar-refractivity contribution >= 4 is 17.3 Å². The van der Waals surface area contributed by atoms with E-state index in [1.165, 1.54) is 11.3 Å². The second-order valence-electron chi connectivity index (χ2n) is 4.80. The Labute approximate surface area is 119 Å². The van der Waals surface area contributed by atoms with Crippen molar-refractivity contribution in [2.75, 3.05) is 7.11 Å². The number of thiophene rings is 1. The number of methoxy groups -OCH3 is 1. The van der Waals surface area contributed by atoms with Crippen LogP contribution in [0.25, 0.3) is 10.7 Å². The van der Waals surface area contributed by atoms with Gasteiger partial charge >= 0.3 is 5.97 Å². The van der Waals surface area contributed by atoms with Gasteiger partial charge in [-0.15, -0.1) is 16.4 Å². The van der Waals surface area contributed by atoms with Gasteiger partial charge < -0.3 is 9.84 Å². The van der Waals surface area contributed by atoms with Crippen LogP contribution in [0.1, 0.15) is 25.3 Å². The zero-order chi connectivity index (χ0) is 14.1. The Hall–Kier alpha value is -1.96. The summed E-state index contributed by atoms with van der Waals surface area (Å²) in [5.74, 6) is 0.888. The van der Waals surface area contributed by atoms with Crippen LogP contribution in [0.4, 0.5) is 0 Å². The Morgan fingerprint density at radius 2 is 2.45 bits per heavy atom. The lowest BCUT2D eigenvalue weighted by Crippen LogP contribution is -2.18. The summed E-state index contributed by atoms with van der Waals surface area (Å²) in [7, 11) is 1.60. The SMILES string of the molecule is COc1csc(-c2nnnn2C(CC(=O)O)C2CC2)c1. The van der Waals surface area contributed by atoms with Crippen molar-refractivity contribution in [2.24, 2.45) is 5.92 Å². The van der Waals surface area contributed by atoms with Gasteiger partial charge in [-0.3, -0.25) is 4.79 Å². The maximum atomic E-state index is 11.0. The first-order valence-electron chi connectivity index (χ1n) is 6.31. The molecule has 3 rings (SSSR count). The van der Waals surface area contributed by atoms with E-state index in [0.717, 1.165) is 23.5 Å². The molecule has 0 spiro atoms. The molecule has 2 heterocycles. The van der Waals surface area contributed by atoms with E-state index in [9.17, 15) is 4.79 Å². The van der Waals surface area contributed by atoms with Crippen molar-refractivity contribution in [2.45, 2.75) is 25.3 Å². The monoisotopic (exact) mass is 294 g/mol. The van der Waals surface area contributed by atoms with Crippen LogP contribution in [-0.2, 0) is 4.79 Å². The molecule has 20 heavy (non-hydrogen) atoms. The molecule has 0 saturated heterocycles. The summed E-state index contributed by atoms with van der Waals surface area (Å²) >= 11 is 1.48. The molecule has 1 saturated carbocycles. The average Bonchev–Trinajstić information content (AvgIpc) is 2.97. The van der Waals surface area contributed by atoms with E-state index in [-0.39, 0.29) is 12.5 Å². The van der Waals surface area contributed by atoms with Gasteiger partial charge in [0.25, 0.3) is 0 Å². The highest BCUT2D eigenvalue weighted by molar-refractivity contribution is 7.13. The standard InChI is InChI=1S/C12H14N4O3S/c1-19-8-4-10(20-6-8)12-13-14-15-16(12)9(5-11(17)18)7-2-3-7/h4,6-7,9H,2-3,5H2,1H3,(H,17,18). The molecule has 0 aliphatic heterocycles. The lowest BCUT2D eigenvalue weighted by molar-refractivity contribution is -0.138. The summed E-state index contributed by atoms with van der Waals surface area (Å²) in [6, 6.07) is 1.68. The van der Waals surface area contributed by atoms with Gasteiger partial charge in [-0.1, -0.05) is 0 Å². The van der Waals surface area contributed by atoms with Crippen LogP contribution in [0.5, 0.6) is 5.75 Å². The van der Waals surface area contributed by atoms with E-state index in [1.807, 2.05) is 11.4 Å². The highest BCUT2D eigenvalue weighted by atomic mass is 32.1. The molecule has 0 amide bonds. The van der Waals surface area contributed by atoms with E-state index in [0.29, 0.717) is 11.7 Å². The first-order valence-corrected chi connectivity index (χ1v) is 7.19. The van der Waals surface area contributed by atoms with Gasteiger partial charge in [-0.05, 0) is 29.2 Å². The second-order valence-corrected chi connectivity index (χ2v) is 5.71. The van der Waals surface area contributed by atoms with Crippen molar-refractivity contribution in [1.29, 1.82) is 0 Å². The molecular formula is C12H14N4O3S. The number of carboxylic acid groups (broad SMARTS) is 1. The summed E-state index contributed by atoms with van der Waals surface area (Å²) in [6.07, 6.45) is 2.11. The van der Waals surface area contributed by atoms with Crippen molar-refractivity contribution in [3.8, 4) is 16.5 Å². The van der Waals surface area contributed by atoms with Crippen LogP contribution < -0.4 is 4.74 Å². The van der Waals surface area contributed by atoms with Crippen LogP contribution >= 0.6 is 11.3 Å². The zero-order valence-corrected chi connectivity index (χ0v) is 11.7. The lowest BCUT2D eigenvalue weighted by atomic mass is 10.1. The molecule has 2 aromatic heterocycles. The second kappa shape index (κ2) is 5.20. The van der Waals surface area contributed by atoms with Crippen molar-refractivity contribution in [1.82, 2.24) is 20.2 Å². The fourth-order valence-corrected chi connectivity index (χ4v) is 3.07. The molecule has 8 heteroatoms. The Balaban J connectivity index is 1.93. The van der Waals surface area contributed by atoms with Crippen molar-refractivity contribution < 1.29 is 14.6 Å². The largest absolute Gasteiger partial charge is 0.496 e. The molecule has 0 bridgehead atoms. The molecule has 0 radical (unpaired) electrons. The fourth-order valence-electron chi connectivity index (χ4n) is 2.24. The van der Waals surface area contributed by atoms with Crippen molar-refractivity contribution in [3.63, 3.8) is 0 Å². The summed E-state index contributed by atoms with van der Waals surface area (Å²) in [4.78, 5) is 11.9. The molecule has 1 atom stereocenters. The Kier molecular flexibility index (Phi) is 3.39. The van der Waals surface area contributed by atoms with Gasteiger partial charge in [0.2, 0.25) is 0 Å². The van der Waals surface area contributed by atoms with Gasteiger partial charge in [-0.2, -0.15) is 0 Å². The molecule has 1 aliphatic rings. The van der Waals surface area contributed by atoms with Crippen LogP contribution in [0, 0.1) is 5.92 Å². The summed E-state index contributed by atoms with van der Waals surface area (Å²) in [5, 5.41) is 22.7. The third-order valence-electron chi connectivity index (χ3n) is 3.39. The first kappa shape index (κ1) is 13.0. The third-order valence-corrected chi connectivity index (χ3v) is 4.29. The summed E-state index contributed by atoms with van der Waals surface area (Å²) < 4.78 is 6.81. The number of hydrogen-bond acceptors (Lipinski definition) is 6. The van der Waals surface area contributed by atoms with Gasteiger partial charge in [0.15, 0.2) is 5.82 Å². The summed E-state index contributed by atoms with van der Waals surface area (Å²) in [6.45, 7) is 0.